The molecule has 4 N–H and O–H groups in total. The van der Waals surface area contributed by atoms with E-state index in [9.17, 15) is 20.1 Å². The monoisotopic (exact) mass is 756 g/mol. The average molecular weight is 758 g/mol. The van der Waals surface area contributed by atoms with Crippen molar-refractivity contribution in [1.29, 1.82) is 0 Å². The van der Waals surface area contributed by atoms with Crippen LogP contribution in [-0.4, -0.2) is 93.7 Å². The molecule has 50 heavy (non-hydrogen) atoms. The Hall–Kier alpha value is -2.05. The summed E-state index contributed by atoms with van der Waals surface area (Å²) >= 11 is 3.58. The molecule has 278 valence electrons. The highest BCUT2D eigenvalue weighted by molar-refractivity contribution is 9.10. The molecule has 6 rings (SSSR count). The third-order valence-electron chi connectivity index (χ3n) is 12.0. The maximum atomic E-state index is 14.1. The second-order valence-electron chi connectivity index (χ2n) is 16.8. The lowest BCUT2D eigenvalue weighted by atomic mass is 9.45. The maximum absolute atomic E-state index is 14.1. The SMILES string of the molecule is CC(C)C[C@@H](CN(C)C)N(Cc1cccc(CN2O[C@@H](CO)[C@@H]([C@H](C)O)[C@H]2C(=O)N[C@H]2C[C@@H]3C[C@H]([C@@H]2C)C3(C)C)c1)Cc1cc(Br)ccc1O. The van der Waals surface area contributed by atoms with Gasteiger partial charge >= 0.3 is 0 Å². The van der Waals surface area contributed by atoms with Crippen molar-refractivity contribution >= 4 is 21.8 Å². The summed E-state index contributed by atoms with van der Waals surface area (Å²) in [5, 5.41) is 37.0. The van der Waals surface area contributed by atoms with E-state index in [1.54, 1.807) is 18.1 Å². The Balaban J connectivity index is 1.37. The Morgan fingerprint density at radius 2 is 1.82 bits per heavy atom. The zero-order chi connectivity index (χ0) is 36.5. The number of carbonyl (C=O) groups is 1. The van der Waals surface area contributed by atoms with E-state index in [4.69, 9.17) is 4.84 Å². The Bertz CT molecular complexity index is 1440. The van der Waals surface area contributed by atoms with Gasteiger partial charge in [-0.1, -0.05) is 74.8 Å². The van der Waals surface area contributed by atoms with E-state index in [0.29, 0.717) is 48.7 Å². The van der Waals surface area contributed by atoms with Crippen LogP contribution in [0.3, 0.4) is 0 Å². The number of phenolic OH excluding ortho intramolecular Hbond substituents is 1. The first-order chi connectivity index (χ1) is 23.6. The number of aliphatic hydroxyl groups is 2. The van der Waals surface area contributed by atoms with Gasteiger partial charge in [0, 0.05) is 47.7 Å². The van der Waals surface area contributed by atoms with Crippen molar-refractivity contribution in [2.24, 2.45) is 35.0 Å². The zero-order valence-corrected chi connectivity index (χ0v) is 32.9. The summed E-state index contributed by atoms with van der Waals surface area (Å²) < 4.78 is 0.930. The number of halogens is 1. The molecule has 9 atom stereocenters. The van der Waals surface area contributed by atoms with Crippen LogP contribution in [0.4, 0.5) is 0 Å². The molecule has 4 fully saturated rings. The molecule has 0 unspecified atom stereocenters. The van der Waals surface area contributed by atoms with Gasteiger partial charge in [-0.2, -0.15) is 5.06 Å². The van der Waals surface area contributed by atoms with Crippen LogP contribution in [0.25, 0.3) is 0 Å². The number of carbonyl (C=O) groups excluding carboxylic acids is 1. The van der Waals surface area contributed by atoms with Crippen LogP contribution in [0.2, 0.25) is 0 Å². The van der Waals surface area contributed by atoms with Crippen LogP contribution in [0.1, 0.15) is 77.5 Å². The summed E-state index contributed by atoms with van der Waals surface area (Å²) in [6, 6.07) is 13.6. The number of aromatic hydroxyl groups is 1. The van der Waals surface area contributed by atoms with E-state index in [1.165, 1.54) is 6.42 Å². The molecular formula is C40H61BrN4O5. The van der Waals surface area contributed by atoms with Crippen LogP contribution in [0.15, 0.2) is 46.9 Å². The number of nitrogens with zero attached hydrogens (tertiary/aromatic N) is 3. The number of fused-ring (bicyclic) bond motifs is 2. The summed E-state index contributed by atoms with van der Waals surface area (Å²) in [6.45, 7) is 15.3. The van der Waals surface area contributed by atoms with Crippen LogP contribution in [0, 0.1) is 35.0 Å². The standard InChI is InChI=1S/C40H61BrN4O5/c1-24(2)14-32(22-43(7)8)44(21-29-16-31(41)12-13-35(29)48)19-27-10-9-11-28(15-27)20-45-38(37(26(4)47)36(23-46)50-45)39(49)42-34-18-30-17-33(25(34)3)40(30,5)6/h9-13,15-16,24-26,30,32-34,36-38,46-48H,14,17-23H2,1-8H3,(H,42,49)/t25-,26-,30-,32-,33+,34-,36-,37+,38-/m0/s1. The quantitative estimate of drug-likeness (QED) is 0.181. The van der Waals surface area contributed by atoms with Gasteiger partial charge in [0.15, 0.2) is 0 Å². The second-order valence-corrected chi connectivity index (χ2v) is 17.7. The van der Waals surface area contributed by atoms with Gasteiger partial charge in [-0.25, -0.2) is 0 Å². The molecule has 9 nitrogen and oxygen atoms in total. The molecule has 1 aliphatic heterocycles. The molecule has 1 heterocycles. The highest BCUT2D eigenvalue weighted by Gasteiger charge is 2.57. The van der Waals surface area contributed by atoms with E-state index in [-0.39, 0.29) is 30.3 Å². The summed E-state index contributed by atoms with van der Waals surface area (Å²) in [5.74, 6) is 1.64. The molecule has 2 bridgehead atoms. The minimum atomic E-state index is -0.840. The Kier molecular flexibility index (Phi) is 12.8. The van der Waals surface area contributed by atoms with Gasteiger partial charge in [-0.3, -0.25) is 14.5 Å². The van der Waals surface area contributed by atoms with Crippen molar-refractivity contribution in [1.82, 2.24) is 20.2 Å². The molecule has 0 radical (unpaired) electrons. The van der Waals surface area contributed by atoms with Crippen molar-refractivity contribution in [2.75, 3.05) is 27.2 Å². The predicted molar refractivity (Wildman–Crippen MR) is 201 cm³/mol. The number of hydrogen-bond acceptors (Lipinski definition) is 8. The van der Waals surface area contributed by atoms with Crippen LogP contribution < -0.4 is 5.32 Å². The van der Waals surface area contributed by atoms with Gasteiger partial charge < -0.3 is 25.5 Å². The lowest BCUT2D eigenvalue weighted by molar-refractivity contribution is -0.183. The summed E-state index contributed by atoms with van der Waals surface area (Å²) in [4.78, 5) is 25.1. The number of hydroxylamine groups is 2. The van der Waals surface area contributed by atoms with Crippen LogP contribution in [-0.2, 0) is 29.3 Å². The smallest absolute Gasteiger partial charge is 0.240 e. The molecule has 3 aliphatic carbocycles. The van der Waals surface area contributed by atoms with Crippen molar-refractivity contribution in [2.45, 2.75) is 111 Å². The van der Waals surface area contributed by atoms with Crippen LogP contribution >= 0.6 is 15.9 Å². The molecular weight excluding hydrogens is 696 g/mol. The largest absolute Gasteiger partial charge is 0.508 e. The van der Waals surface area contributed by atoms with Crippen LogP contribution in [0.5, 0.6) is 5.75 Å². The third kappa shape index (κ3) is 8.76. The fourth-order valence-electron chi connectivity index (χ4n) is 9.24. The average Bonchev–Trinajstić information content (AvgIpc) is 3.41. The molecule has 2 aromatic carbocycles. The number of phenols is 1. The Labute approximate surface area is 308 Å². The van der Waals surface area contributed by atoms with Crippen molar-refractivity contribution in [3.05, 3.63) is 63.6 Å². The number of benzene rings is 2. The van der Waals surface area contributed by atoms with E-state index < -0.39 is 24.2 Å². The summed E-state index contributed by atoms with van der Waals surface area (Å²) in [7, 11) is 4.20. The third-order valence-corrected chi connectivity index (χ3v) is 12.5. The number of nitrogens with one attached hydrogen (secondary N) is 1. The Morgan fingerprint density at radius 3 is 2.44 bits per heavy atom. The van der Waals surface area contributed by atoms with Gasteiger partial charge in [-0.05, 0) is 98.7 Å². The Morgan fingerprint density at radius 1 is 1.10 bits per heavy atom. The normalized spacial score (nSPS) is 29.0. The highest BCUT2D eigenvalue weighted by Crippen LogP contribution is 2.61. The number of rotatable bonds is 15. The first kappa shape index (κ1) is 39.2. The molecule has 2 aromatic rings. The minimum absolute atomic E-state index is 0.0869. The summed E-state index contributed by atoms with van der Waals surface area (Å²) in [6.07, 6.45) is 1.68. The maximum Gasteiger partial charge on any atom is 0.240 e. The molecule has 1 amide bonds. The van der Waals surface area contributed by atoms with Crippen molar-refractivity contribution in [3.8, 4) is 5.75 Å². The topological polar surface area (TPSA) is 109 Å². The fourth-order valence-corrected chi connectivity index (χ4v) is 9.65. The lowest BCUT2D eigenvalue weighted by Gasteiger charge is -2.62. The molecule has 3 saturated carbocycles. The molecule has 0 spiro atoms. The van der Waals surface area contributed by atoms with Gasteiger partial charge in [0.2, 0.25) is 5.91 Å². The number of amides is 1. The number of hydrogen-bond donors (Lipinski definition) is 4. The minimum Gasteiger partial charge on any atom is -0.508 e. The predicted octanol–water partition coefficient (Wildman–Crippen LogP) is 5.79. The molecule has 4 aliphatic rings. The van der Waals surface area contributed by atoms with Gasteiger partial charge in [0.1, 0.15) is 17.9 Å². The van der Waals surface area contributed by atoms with Gasteiger partial charge in [-0.15, -0.1) is 0 Å². The van der Waals surface area contributed by atoms with E-state index in [1.807, 2.05) is 24.3 Å². The van der Waals surface area contributed by atoms with Crippen molar-refractivity contribution < 1.29 is 25.0 Å². The second kappa shape index (κ2) is 16.3. The molecule has 10 heteroatoms. The molecule has 1 saturated heterocycles. The highest BCUT2D eigenvalue weighted by atomic mass is 79.9. The number of aliphatic hydroxyl groups excluding tert-OH is 2. The van der Waals surface area contributed by atoms with E-state index in [0.717, 1.165) is 40.5 Å². The molecule has 0 aromatic heterocycles. The first-order valence-electron chi connectivity index (χ1n) is 18.6. The fraction of sp³-hybridized carbons (Fsp3) is 0.675. The van der Waals surface area contributed by atoms with E-state index >= 15 is 0 Å². The number of likely N-dealkylation sites (N-methyl/N-ethyl adjacent to an activating group) is 1. The van der Waals surface area contributed by atoms with Gasteiger partial charge in [0.25, 0.3) is 0 Å². The lowest BCUT2D eigenvalue weighted by Crippen LogP contribution is -2.62. The van der Waals surface area contributed by atoms with Crippen molar-refractivity contribution in [3.63, 3.8) is 0 Å². The van der Waals surface area contributed by atoms with Gasteiger partial charge in [0.05, 0.1) is 19.3 Å². The van der Waals surface area contributed by atoms with E-state index in [2.05, 4.69) is 91.9 Å². The summed E-state index contributed by atoms with van der Waals surface area (Å²) in [5.41, 5.74) is 3.28. The zero-order valence-electron chi connectivity index (χ0n) is 31.3. The first-order valence-corrected chi connectivity index (χ1v) is 19.3.